The second-order valence-corrected chi connectivity index (χ2v) is 7.39. The van der Waals surface area contributed by atoms with E-state index in [1.54, 1.807) is 18.2 Å². The van der Waals surface area contributed by atoms with Crippen molar-refractivity contribution in [2.24, 2.45) is 0 Å². The average Bonchev–Trinajstić information content (AvgIpc) is 3.28. The van der Waals surface area contributed by atoms with E-state index < -0.39 is 34.9 Å². The maximum atomic E-state index is 13.8. The van der Waals surface area contributed by atoms with E-state index in [0.717, 1.165) is 5.56 Å². The lowest BCUT2D eigenvalue weighted by molar-refractivity contribution is -0.137. The molecule has 3 N–H and O–H groups in total. The van der Waals surface area contributed by atoms with Gasteiger partial charge in [0.15, 0.2) is 5.82 Å². The number of alkyl halides is 3. The Balaban J connectivity index is 1.70. The van der Waals surface area contributed by atoms with Crippen molar-refractivity contribution in [1.29, 1.82) is 0 Å². The lowest BCUT2D eigenvalue weighted by Crippen LogP contribution is -2.20. The minimum Gasteiger partial charge on any atom is -0.493 e. The number of benzene rings is 2. The van der Waals surface area contributed by atoms with E-state index in [-0.39, 0.29) is 17.1 Å². The van der Waals surface area contributed by atoms with Gasteiger partial charge in [0.1, 0.15) is 11.6 Å². The van der Waals surface area contributed by atoms with Crippen LogP contribution in [0.2, 0.25) is 0 Å². The first-order valence-corrected chi connectivity index (χ1v) is 10.1. The molecule has 3 aromatic rings. The molecule has 0 radical (unpaired) electrons. The fourth-order valence-corrected chi connectivity index (χ4v) is 3.47. The lowest BCUT2D eigenvalue weighted by atomic mass is 10.1. The van der Waals surface area contributed by atoms with Gasteiger partial charge in [-0.25, -0.2) is 9.37 Å². The van der Waals surface area contributed by atoms with Gasteiger partial charge in [-0.15, -0.1) is 0 Å². The van der Waals surface area contributed by atoms with Crippen LogP contribution in [0.5, 0.6) is 5.75 Å². The Bertz CT molecular complexity index is 1280. The summed E-state index contributed by atoms with van der Waals surface area (Å²) >= 11 is 0. The van der Waals surface area contributed by atoms with Crippen LogP contribution in [-0.2, 0) is 12.6 Å². The lowest BCUT2D eigenvalue weighted by Gasteiger charge is -2.16. The highest BCUT2D eigenvalue weighted by atomic mass is 19.4. The summed E-state index contributed by atoms with van der Waals surface area (Å²) in [6, 6.07) is 8.19. The second-order valence-electron chi connectivity index (χ2n) is 7.39. The molecule has 1 aromatic heterocycles. The number of hydrogen-bond acceptors (Lipinski definition) is 5. The molecular formula is C23H18F4N4O3. The standard InChI is InChI=1S/C23H18F4N4O3/c1-28-21(32)13-9-18(31-22(33)12-7-14(23(25,26)27)10-15(24)8-12)20(29-11-13)30-17-3-2-4-19-16(17)5-6-34-19/h2-4,7-11H,5-6H2,1H3,(H,28,32)(H,29,30)(H,31,33). The maximum absolute atomic E-state index is 13.8. The van der Waals surface area contributed by atoms with Crippen molar-refractivity contribution >= 4 is 29.0 Å². The van der Waals surface area contributed by atoms with Gasteiger partial charge in [-0.3, -0.25) is 9.59 Å². The Labute approximate surface area is 191 Å². The molecule has 0 fully saturated rings. The quantitative estimate of drug-likeness (QED) is 0.473. The molecule has 7 nitrogen and oxygen atoms in total. The summed E-state index contributed by atoms with van der Waals surface area (Å²) in [7, 11) is 1.41. The van der Waals surface area contributed by atoms with Crippen molar-refractivity contribution in [2.45, 2.75) is 12.6 Å². The molecule has 2 aromatic carbocycles. The fraction of sp³-hybridized carbons (Fsp3) is 0.174. The summed E-state index contributed by atoms with van der Waals surface area (Å²) < 4.78 is 58.5. The summed E-state index contributed by atoms with van der Waals surface area (Å²) in [6.45, 7) is 0.502. The van der Waals surface area contributed by atoms with Crippen LogP contribution >= 0.6 is 0 Å². The first-order valence-electron chi connectivity index (χ1n) is 10.1. The average molecular weight is 474 g/mol. The molecule has 0 saturated carbocycles. The van der Waals surface area contributed by atoms with Crippen molar-refractivity contribution in [3.8, 4) is 5.75 Å². The van der Waals surface area contributed by atoms with Crippen LogP contribution in [0.1, 0.15) is 31.8 Å². The molecular weight excluding hydrogens is 456 g/mol. The minimum absolute atomic E-state index is 0.0143. The Hall–Kier alpha value is -4.15. The van der Waals surface area contributed by atoms with E-state index in [1.807, 2.05) is 0 Å². The molecule has 0 spiro atoms. The first-order chi connectivity index (χ1) is 16.2. The molecule has 0 saturated heterocycles. The molecule has 0 unspecified atom stereocenters. The van der Waals surface area contributed by atoms with E-state index >= 15 is 0 Å². The predicted octanol–water partition coefficient (Wildman–Crippen LogP) is 4.53. The zero-order valence-corrected chi connectivity index (χ0v) is 17.7. The molecule has 2 heterocycles. The van der Waals surface area contributed by atoms with Crippen molar-refractivity contribution < 1.29 is 31.9 Å². The normalized spacial score (nSPS) is 12.5. The molecule has 4 rings (SSSR count). The number of carbonyl (C=O) groups excluding carboxylic acids is 2. The van der Waals surface area contributed by atoms with Crippen molar-refractivity contribution in [2.75, 3.05) is 24.3 Å². The van der Waals surface area contributed by atoms with E-state index in [4.69, 9.17) is 4.74 Å². The number of aromatic nitrogens is 1. The molecule has 1 aliphatic rings. The SMILES string of the molecule is CNC(=O)c1cnc(Nc2cccc3c2CCO3)c(NC(=O)c2cc(F)cc(C(F)(F)F)c2)c1. The number of anilines is 3. The summed E-state index contributed by atoms with van der Waals surface area (Å²) in [4.78, 5) is 29.0. The van der Waals surface area contributed by atoms with Gasteiger partial charge in [0, 0.05) is 36.5 Å². The molecule has 1 aliphatic heterocycles. The van der Waals surface area contributed by atoms with Gasteiger partial charge < -0.3 is 20.7 Å². The third-order valence-corrected chi connectivity index (χ3v) is 5.11. The van der Waals surface area contributed by atoms with E-state index in [0.29, 0.717) is 42.7 Å². The van der Waals surface area contributed by atoms with Crippen molar-refractivity contribution in [1.82, 2.24) is 10.3 Å². The maximum Gasteiger partial charge on any atom is 0.416 e. The molecule has 0 bridgehead atoms. The van der Waals surface area contributed by atoms with Crippen LogP contribution in [0.15, 0.2) is 48.7 Å². The number of ether oxygens (including phenoxy) is 1. The predicted molar refractivity (Wildman–Crippen MR) is 116 cm³/mol. The van der Waals surface area contributed by atoms with Gasteiger partial charge in [0.25, 0.3) is 11.8 Å². The second kappa shape index (κ2) is 9.00. The Morgan fingerprint density at radius 1 is 1.03 bits per heavy atom. The number of nitrogens with zero attached hydrogens (tertiary/aromatic N) is 1. The minimum atomic E-state index is -4.83. The van der Waals surface area contributed by atoms with Crippen LogP contribution in [0.4, 0.5) is 34.8 Å². The van der Waals surface area contributed by atoms with Crippen LogP contribution in [-0.4, -0.2) is 30.5 Å². The van der Waals surface area contributed by atoms with Crippen LogP contribution in [0.25, 0.3) is 0 Å². The largest absolute Gasteiger partial charge is 0.493 e. The highest BCUT2D eigenvalue weighted by Gasteiger charge is 2.32. The van der Waals surface area contributed by atoms with Gasteiger partial charge in [0.2, 0.25) is 0 Å². The van der Waals surface area contributed by atoms with Crippen molar-refractivity contribution in [3.05, 3.63) is 76.7 Å². The summed E-state index contributed by atoms with van der Waals surface area (Å²) in [5.41, 5.74) is -0.195. The molecule has 11 heteroatoms. The van der Waals surface area contributed by atoms with E-state index in [1.165, 1.54) is 19.3 Å². The van der Waals surface area contributed by atoms with Crippen LogP contribution < -0.4 is 20.7 Å². The summed E-state index contributed by atoms with van der Waals surface area (Å²) in [5, 5.41) is 7.93. The van der Waals surface area contributed by atoms with Gasteiger partial charge in [-0.1, -0.05) is 6.07 Å². The number of amides is 2. The zero-order valence-electron chi connectivity index (χ0n) is 17.7. The molecule has 0 atom stereocenters. The molecule has 34 heavy (non-hydrogen) atoms. The van der Waals surface area contributed by atoms with E-state index in [2.05, 4.69) is 20.9 Å². The van der Waals surface area contributed by atoms with Gasteiger partial charge in [0.05, 0.1) is 23.4 Å². The van der Waals surface area contributed by atoms with E-state index in [9.17, 15) is 27.2 Å². The Morgan fingerprint density at radius 3 is 2.56 bits per heavy atom. The monoisotopic (exact) mass is 474 g/mol. The smallest absolute Gasteiger partial charge is 0.416 e. The third-order valence-electron chi connectivity index (χ3n) is 5.11. The van der Waals surface area contributed by atoms with Gasteiger partial charge in [-0.2, -0.15) is 13.2 Å². The highest BCUT2D eigenvalue weighted by molar-refractivity contribution is 6.07. The number of rotatable bonds is 5. The summed E-state index contributed by atoms with van der Waals surface area (Å²) in [5.74, 6) is -1.89. The Morgan fingerprint density at radius 2 is 1.82 bits per heavy atom. The molecule has 176 valence electrons. The Kier molecular flexibility index (Phi) is 6.10. The number of fused-ring (bicyclic) bond motifs is 1. The van der Waals surface area contributed by atoms with Gasteiger partial charge in [-0.05, 0) is 36.4 Å². The number of hydrogen-bond donors (Lipinski definition) is 3. The van der Waals surface area contributed by atoms with Crippen LogP contribution in [0, 0.1) is 5.82 Å². The topological polar surface area (TPSA) is 92.3 Å². The number of carbonyl (C=O) groups is 2. The fourth-order valence-electron chi connectivity index (χ4n) is 3.47. The first kappa shape index (κ1) is 23.0. The number of nitrogens with one attached hydrogen (secondary N) is 3. The van der Waals surface area contributed by atoms with Crippen molar-refractivity contribution in [3.63, 3.8) is 0 Å². The van der Waals surface area contributed by atoms with Crippen LogP contribution in [0.3, 0.4) is 0 Å². The zero-order chi connectivity index (χ0) is 24.5. The number of halogens is 4. The highest BCUT2D eigenvalue weighted by Crippen LogP contribution is 2.35. The number of pyridine rings is 1. The summed E-state index contributed by atoms with van der Waals surface area (Å²) in [6.07, 6.45) is -2.92. The molecule has 0 aliphatic carbocycles. The van der Waals surface area contributed by atoms with Gasteiger partial charge >= 0.3 is 6.18 Å². The molecule has 2 amide bonds. The third kappa shape index (κ3) is 4.77.